The van der Waals surface area contributed by atoms with E-state index in [9.17, 15) is 0 Å². The average molecular weight is 506 g/mol. The van der Waals surface area contributed by atoms with E-state index in [2.05, 4.69) is 50.3 Å². The van der Waals surface area contributed by atoms with Gasteiger partial charge in [0.05, 0.1) is 38.2 Å². The second-order valence-electron chi connectivity index (χ2n) is 11.1. The number of aromatic nitrogens is 1. The van der Waals surface area contributed by atoms with Crippen LogP contribution >= 0.6 is 0 Å². The van der Waals surface area contributed by atoms with Gasteiger partial charge in [-0.3, -0.25) is 14.8 Å². The lowest BCUT2D eigenvalue weighted by atomic mass is 9.89. The molecule has 7 heteroatoms. The molecule has 6 rings (SSSR count). The first-order valence-corrected chi connectivity index (χ1v) is 14.5. The molecular weight excluding hydrogens is 462 g/mol. The molecule has 1 aliphatic carbocycles. The third-order valence-electron chi connectivity index (χ3n) is 8.72. The summed E-state index contributed by atoms with van der Waals surface area (Å²) in [6, 6.07) is 12.1. The van der Waals surface area contributed by atoms with Crippen molar-refractivity contribution in [1.82, 2.24) is 20.1 Å². The van der Waals surface area contributed by atoms with Gasteiger partial charge in [0.15, 0.2) is 0 Å². The van der Waals surface area contributed by atoms with Gasteiger partial charge in [-0.1, -0.05) is 18.2 Å². The minimum absolute atomic E-state index is 0.423. The summed E-state index contributed by atoms with van der Waals surface area (Å²) >= 11 is 0. The number of ether oxygens (including phenoxy) is 2. The molecule has 0 unspecified atom stereocenters. The summed E-state index contributed by atoms with van der Waals surface area (Å²) < 4.78 is 11.2. The van der Waals surface area contributed by atoms with Gasteiger partial charge in [0.2, 0.25) is 0 Å². The Morgan fingerprint density at radius 1 is 0.973 bits per heavy atom. The predicted molar refractivity (Wildman–Crippen MR) is 147 cm³/mol. The van der Waals surface area contributed by atoms with Crippen molar-refractivity contribution in [2.45, 2.75) is 50.7 Å². The van der Waals surface area contributed by atoms with Gasteiger partial charge < -0.3 is 19.7 Å². The van der Waals surface area contributed by atoms with Crippen LogP contribution in [0.3, 0.4) is 0 Å². The van der Waals surface area contributed by atoms with Gasteiger partial charge in [-0.2, -0.15) is 0 Å². The number of rotatable bonds is 8. The fourth-order valence-corrected chi connectivity index (χ4v) is 6.74. The molecule has 3 aliphatic heterocycles. The zero-order valence-corrected chi connectivity index (χ0v) is 22.2. The highest BCUT2D eigenvalue weighted by atomic mass is 16.5. The molecule has 1 aromatic heterocycles. The summed E-state index contributed by atoms with van der Waals surface area (Å²) in [4.78, 5) is 12.8. The molecule has 200 valence electrons. The van der Waals surface area contributed by atoms with Gasteiger partial charge in [0.1, 0.15) is 0 Å². The van der Waals surface area contributed by atoms with Crippen LogP contribution < -0.4 is 10.2 Å². The monoisotopic (exact) mass is 505 g/mol. The highest BCUT2D eigenvalue weighted by Gasteiger charge is 2.31. The number of anilines is 1. The first-order valence-electron chi connectivity index (χ1n) is 14.5. The van der Waals surface area contributed by atoms with Gasteiger partial charge >= 0.3 is 0 Å². The molecule has 2 aromatic rings. The normalized spacial score (nSPS) is 24.6. The zero-order chi connectivity index (χ0) is 24.9. The smallest absolute Gasteiger partial charge is 0.0642 e. The lowest BCUT2D eigenvalue weighted by Crippen LogP contribution is -2.48. The zero-order valence-electron chi connectivity index (χ0n) is 22.2. The van der Waals surface area contributed by atoms with Crippen LogP contribution in [0.15, 0.2) is 36.5 Å². The molecule has 4 heterocycles. The molecule has 2 saturated heterocycles. The van der Waals surface area contributed by atoms with Crippen LogP contribution in [-0.4, -0.2) is 93.1 Å². The highest BCUT2D eigenvalue weighted by molar-refractivity contribution is 5.58. The summed E-state index contributed by atoms with van der Waals surface area (Å²) in [6.07, 6.45) is 7.91. The molecule has 2 atom stereocenters. The number of pyridine rings is 1. The van der Waals surface area contributed by atoms with E-state index in [1.54, 1.807) is 5.56 Å². The van der Waals surface area contributed by atoms with E-state index in [4.69, 9.17) is 14.5 Å². The first-order chi connectivity index (χ1) is 18.3. The van der Waals surface area contributed by atoms with Crippen molar-refractivity contribution in [1.29, 1.82) is 0 Å². The number of aryl methyl sites for hydroxylation is 1. The van der Waals surface area contributed by atoms with Crippen LogP contribution in [0, 0.1) is 0 Å². The number of fused-ring (bicyclic) bond motifs is 2. The molecule has 7 nitrogen and oxygen atoms in total. The second kappa shape index (κ2) is 12.2. The Hall–Kier alpha value is -2.03. The van der Waals surface area contributed by atoms with E-state index in [1.807, 2.05) is 6.20 Å². The number of hydrogen-bond donors (Lipinski definition) is 1. The van der Waals surface area contributed by atoms with Crippen molar-refractivity contribution in [2.75, 3.05) is 77.1 Å². The van der Waals surface area contributed by atoms with Gasteiger partial charge in [0.25, 0.3) is 0 Å². The molecule has 37 heavy (non-hydrogen) atoms. The van der Waals surface area contributed by atoms with Crippen molar-refractivity contribution < 1.29 is 9.47 Å². The third-order valence-corrected chi connectivity index (χ3v) is 8.72. The van der Waals surface area contributed by atoms with Crippen LogP contribution in [0.2, 0.25) is 0 Å². The first kappa shape index (κ1) is 25.3. The highest BCUT2D eigenvalue weighted by Crippen LogP contribution is 2.34. The fraction of sp³-hybridized carbons (Fsp3) is 0.633. The van der Waals surface area contributed by atoms with Crippen molar-refractivity contribution in [3.8, 4) is 0 Å². The van der Waals surface area contributed by atoms with E-state index in [-0.39, 0.29) is 0 Å². The SMILES string of the molecule is c1cnc2c(c1)CCC[C@@H]2N(CCCN1CCOCC1)C[C@H]1Cc2c(cccc2N2CCOCC2)CN1. The predicted octanol–water partition coefficient (Wildman–Crippen LogP) is 3.03. The van der Waals surface area contributed by atoms with Crippen LogP contribution in [0.1, 0.15) is 47.7 Å². The molecule has 2 fully saturated rings. The molecule has 1 N–H and O–H groups in total. The average Bonchev–Trinajstić information content (AvgIpc) is 2.97. The Kier molecular flexibility index (Phi) is 8.34. The second-order valence-corrected chi connectivity index (χ2v) is 11.1. The summed E-state index contributed by atoms with van der Waals surface area (Å²) in [5.41, 5.74) is 7.21. The van der Waals surface area contributed by atoms with Crippen LogP contribution in [0.5, 0.6) is 0 Å². The van der Waals surface area contributed by atoms with Gasteiger partial charge in [-0.25, -0.2) is 0 Å². The van der Waals surface area contributed by atoms with Crippen LogP contribution in [0.25, 0.3) is 0 Å². The molecule has 1 aromatic carbocycles. The molecule has 0 spiro atoms. The van der Waals surface area contributed by atoms with Crippen LogP contribution in [0.4, 0.5) is 5.69 Å². The number of benzene rings is 1. The van der Waals surface area contributed by atoms with Gasteiger partial charge in [0, 0.05) is 63.7 Å². The molecule has 0 radical (unpaired) electrons. The largest absolute Gasteiger partial charge is 0.379 e. The Morgan fingerprint density at radius 2 is 1.78 bits per heavy atom. The molecule has 0 saturated carbocycles. The van der Waals surface area contributed by atoms with Crippen molar-refractivity contribution in [3.05, 3.63) is 58.9 Å². The quantitative estimate of drug-likeness (QED) is 0.592. The minimum Gasteiger partial charge on any atom is -0.379 e. The summed E-state index contributed by atoms with van der Waals surface area (Å²) in [5, 5.41) is 3.91. The molecular formula is C30H43N5O2. The summed E-state index contributed by atoms with van der Waals surface area (Å²) in [5.74, 6) is 0. The number of hydrogen-bond acceptors (Lipinski definition) is 7. The Bertz CT molecular complexity index is 1020. The fourth-order valence-electron chi connectivity index (χ4n) is 6.74. The minimum atomic E-state index is 0.423. The van der Waals surface area contributed by atoms with E-state index >= 15 is 0 Å². The van der Waals surface area contributed by atoms with Crippen molar-refractivity contribution >= 4 is 5.69 Å². The van der Waals surface area contributed by atoms with E-state index < -0.39 is 0 Å². The Balaban J connectivity index is 1.18. The molecule has 0 bridgehead atoms. The van der Waals surface area contributed by atoms with E-state index in [0.717, 1.165) is 85.2 Å². The lowest BCUT2D eigenvalue weighted by molar-refractivity contribution is 0.0347. The topological polar surface area (TPSA) is 53.1 Å². The maximum absolute atomic E-state index is 5.64. The standard InChI is InChI=1S/C30H43N5O2/c1-5-24-7-3-10-31-30(24)29(9-1)35(12-4-11-33-13-17-36-18-14-33)23-26-21-27-25(22-32-26)6-2-8-28(27)34-15-19-37-20-16-34/h2-3,6-8,10,26,29,32H,1,4-5,9,11-23H2/t26-,29+/m1/s1. The molecule has 4 aliphatic rings. The number of morpholine rings is 2. The maximum Gasteiger partial charge on any atom is 0.0642 e. The van der Waals surface area contributed by atoms with Gasteiger partial charge in [-0.15, -0.1) is 0 Å². The van der Waals surface area contributed by atoms with Gasteiger partial charge in [-0.05, 0) is 67.5 Å². The maximum atomic E-state index is 5.64. The van der Waals surface area contributed by atoms with E-state index in [0.29, 0.717) is 12.1 Å². The van der Waals surface area contributed by atoms with Crippen LogP contribution in [-0.2, 0) is 28.9 Å². The van der Waals surface area contributed by atoms with Crippen molar-refractivity contribution in [2.24, 2.45) is 0 Å². The van der Waals surface area contributed by atoms with Crippen molar-refractivity contribution in [3.63, 3.8) is 0 Å². The number of nitrogens with one attached hydrogen (secondary N) is 1. The summed E-state index contributed by atoms with van der Waals surface area (Å²) in [7, 11) is 0. The Labute approximate surface area is 222 Å². The molecule has 0 amide bonds. The lowest BCUT2D eigenvalue weighted by Gasteiger charge is -2.40. The number of nitrogens with zero attached hydrogens (tertiary/aromatic N) is 4. The third kappa shape index (κ3) is 6.02. The van der Waals surface area contributed by atoms with E-state index in [1.165, 1.54) is 48.2 Å². The Morgan fingerprint density at radius 3 is 2.65 bits per heavy atom. The summed E-state index contributed by atoms with van der Waals surface area (Å²) in [6.45, 7) is 11.8.